The molecule has 0 spiro atoms. The molecule has 0 aliphatic carbocycles. The Morgan fingerprint density at radius 2 is 1.91 bits per heavy atom. The average Bonchev–Trinajstić information content (AvgIpc) is 3.46. The number of fused-ring (bicyclic) bond motifs is 1. The van der Waals surface area contributed by atoms with Gasteiger partial charge in [0.2, 0.25) is 35.3 Å². The molecule has 0 radical (unpaired) electrons. The van der Waals surface area contributed by atoms with Crippen molar-refractivity contribution in [2.75, 3.05) is 25.1 Å². The van der Waals surface area contributed by atoms with Crippen molar-refractivity contribution < 1.29 is 28.8 Å². The van der Waals surface area contributed by atoms with Crippen molar-refractivity contribution in [3.8, 4) is 0 Å². The maximum atomic E-state index is 13.8. The summed E-state index contributed by atoms with van der Waals surface area (Å²) in [6.07, 6.45) is 3.53. The Morgan fingerprint density at radius 1 is 1.15 bits per heavy atom. The first-order valence-electron chi connectivity index (χ1n) is 15.4. The third-order valence-electron chi connectivity index (χ3n) is 7.32. The standard InChI is InChI=1S/C30H43N9O6S2/c1-17(40)35-22-16-24(41)33-13-6-5-9-20(37-27(44)21(12-15-46-2)38-28(22)45)26(43)36-19(10-7-14-34-30(31)32)25(42)29-39-18-8-3-4-11-23(18)47-29/h3-4,8,11,19-22H,5-7,9-10,12-16H2,1-2H3,(H,33,41)(H,35,40)(H,36,43)(H,37,44)(H,38,45)(H4,31,32,34)/t19?,20-,21-,22-/m0/s1. The Morgan fingerprint density at radius 3 is 2.62 bits per heavy atom. The van der Waals surface area contributed by atoms with Gasteiger partial charge in [-0.15, -0.1) is 11.3 Å². The predicted octanol–water partition coefficient (Wildman–Crippen LogP) is 0.145. The van der Waals surface area contributed by atoms with Gasteiger partial charge in [-0.1, -0.05) is 12.1 Å². The van der Waals surface area contributed by atoms with Gasteiger partial charge in [-0.2, -0.15) is 11.8 Å². The number of hydrogen-bond acceptors (Lipinski definition) is 10. The van der Waals surface area contributed by atoms with Gasteiger partial charge in [-0.25, -0.2) is 4.98 Å². The number of nitrogens with one attached hydrogen (secondary N) is 7. The summed E-state index contributed by atoms with van der Waals surface area (Å²) in [7, 11) is 0. The van der Waals surface area contributed by atoms with Crippen LogP contribution in [0.2, 0.25) is 0 Å². The highest BCUT2D eigenvalue weighted by molar-refractivity contribution is 7.98. The highest BCUT2D eigenvalue weighted by Gasteiger charge is 2.32. The van der Waals surface area contributed by atoms with E-state index in [4.69, 9.17) is 11.1 Å². The Bertz CT molecular complexity index is 1420. The van der Waals surface area contributed by atoms with Gasteiger partial charge in [0.1, 0.15) is 18.1 Å². The molecule has 256 valence electrons. The Kier molecular flexibility index (Phi) is 14.9. The van der Waals surface area contributed by atoms with Crippen LogP contribution >= 0.6 is 23.1 Å². The van der Waals surface area contributed by atoms with Crippen LogP contribution in [0.25, 0.3) is 10.2 Å². The minimum absolute atomic E-state index is 0.207. The Labute approximate surface area is 281 Å². The van der Waals surface area contributed by atoms with Gasteiger partial charge in [-0.05, 0) is 62.7 Å². The fourth-order valence-corrected chi connectivity index (χ4v) is 6.36. The van der Waals surface area contributed by atoms with Crippen LogP contribution in [0.1, 0.15) is 61.7 Å². The Hall–Kier alpha value is -4.25. The van der Waals surface area contributed by atoms with E-state index in [0.717, 1.165) is 4.70 Å². The lowest BCUT2D eigenvalue weighted by Gasteiger charge is -2.27. The van der Waals surface area contributed by atoms with Crippen LogP contribution < -0.4 is 37.6 Å². The zero-order valence-electron chi connectivity index (χ0n) is 26.5. The smallest absolute Gasteiger partial charge is 0.243 e. The number of guanidine groups is 1. The van der Waals surface area contributed by atoms with E-state index in [0.29, 0.717) is 37.1 Å². The second kappa shape index (κ2) is 18.8. The molecule has 9 N–H and O–H groups in total. The number of Topliss-reactive ketones (excluding diaryl/α,β-unsaturated/α-hetero) is 1. The molecule has 5 amide bonds. The molecule has 1 aliphatic heterocycles. The van der Waals surface area contributed by atoms with Crippen LogP contribution in [0, 0.1) is 5.41 Å². The molecule has 0 saturated carbocycles. The molecule has 1 aliphatic rings. The summed E-state index contributed by atoms with van der Waals surface area (Å²) in [6, 6.07) is 3.04. The van der Waals surface area contributed by atoms with Crippen molar-refractivity contribution in [1.29, 1.82) is 5.41 Å². The molecule has 0 bridgehead atoms. The van der Waals surface area contributed by atoms with Crippen LogP contribution in [-0.4, -0.2) is 95.5 Å². The van der Waals surface area contributed by atoms with E-state index >= 15 is 0 Å². The minimum Gasteiger partial charge on any atom is -0.370 e. The number of para-hydroxylation sites is 1. The number of hydrogen-bond donors (Lipinski definition) is 8. The molecule has 2 heterocycles. The number of carbonyl (C=O) groups is 6. The van der Waals surface area contributed by atoms with E-state index in [2.05, 4.69) is 36.9 Å². The number of ketones is 1. The summed E-state index contributed by atoms with van der Waals surface area (Å²) in [5.41, 5.74) is 6.05. The number of carbonyl (C=O) groups excluding carboxylic acids is 6. The first-order chi connectivity index (χ1) is 22.5. The van der Waals surface area contributed by atoms with Gasteiger partial charge < -0.3 is 37.6 Å². The molecule has 1 aromatic carbocycles. The molecule has 17 heteroatoms. The summed E-state index contributed by atoms with van der Waals surface area (Å²) in [5.74, 6) is -2.92. The van der Waals surface area contributed by atoms with E-state index in [9.17, 15) is 28.8 Å². The molecular formula is C30H43N9O6S2. The number of amides is 5. The van der Waals surface area contributed by atoms with E-state index in [1.807, 2.05) is 24.5 Å². The monoisotopic (exact) mass is 689 g/mol. The largest absolute Gasteiger partial charge is 0.370 e. The lowest BCUT2D eigenvalue weighted by molar-refractivity contribution is -0.135. The lowest BCUT2D eigenvalue weighted by Crippen LogP contribution is -2.58. The number of benzene rings is 1. The van der Waals surface area contributed by atoms with Gasteiger partial charge in [0.15, 0.2) is 11.0 Å². The first kappa shape index (κ1) is 37.2. The van der Waals surface area contributed by atoms with E-state index < -0.39 is 53.7 Å². The predicted molar refractivity (Wildman–Crippen MR) is 181 cm³/mol. The number of aromatic nitrogens is 1. The Balaban J connectivity index is 1.84. The molecule has 15 nitrogen and oxygen atoms in total. The van der Waals surface area contributed by atoms with Crippen LogP contribution in [0.15, 0.2) is 24.3 Å². The number of nitrogens with two attached hydrogens (primary N) is 1. The van der Waals surface area contributed by atoms with Crippen LogP contribution in [0.3, 0.4) is 0 Å². The minimum atomic E-state index is -1.19. The summed E-state index contributed by atoms with van der Waals surface area (Å²) >= 11 is 2.68. The highest BCUT2D eigenvalue weighted by atomic mass is 32.2. The van der Waals surface area contributed by atoms with E-state index in [1.165, 1.54) is 30.0 Å². The molecule has 3 rings (SSSR count). The molecule has 1 unspecified atom stereocenters. The van der Waals surface area contributed by atoms with Crippen molar-refractivity contribution in [2.45, 2.75) is 76.0 Å². The fraction of sp³-hybridized carbons (Fsp3) is 0.533. The SMILES string of the molecule is CSCC[C@@H]1NC(=O)[C@@H](NC(C)=O)CC(=O)NCCCC[C@@H](C(=O)NC(CCCNC(=N)N)C(=O)c2nc3ccccc3s2)NC1=O. The number of nitrogens with zero attached hydrogens (tertiary/aromatic N) is 1. The average molecular weight is 690 g/mol. The van der Waals surface area contributed by atoms with Gasteiger partial charge in [0.25, 0.3) is 0 Å². The van der Waals surface area contributed by atoms with Crippen LogP contribution in [0.5, 0.6) is 0 Å². The maximum absolute atomic E-state index is 13.8. The molecule has 1 fully saturated rings. The van der Waals surface area contributed by atoms with E-state index in [1.54, 1.807) is 6.07 Å². The number of thioether (sulfide) groups is 1. The maximum Gasteiger partial charge on any atom is 0.243 e. The van der Waals surface area contributed by atoms with E-state index in [-0.39, 0.29) is 49.0 Å². The van der Waals surface area contributed by atoms with Crippen molar-refractivity contribution in [3.63, 3.8) is 0 Å². The highest BCUT2D eigenvalue weighted by Crippen LogP contribution is 2.23. The molecule has 1 saturated heterocycles. The van der Waals surface area contributed by atoms with Crippen LogP contribution in [-0.2, 0) is 24.0 Å². The second-order valence-electron chi connectivity index (χ2n) is 11.1. The van der Waals surface area contributed by atoms with Crippen molar-refractivity contribution in [1.82, 2.24) is 36.9 Å². The molecule has 1 aromatic heterocycles. The molecule has 2 aromatic rings. The fourth-order valence-electron chi connectivity index (χ4n) is 4.93. The molecule has 47 heavy (non-hydrogen) atoms. The zero-order chi connectivity index (χ0) is 34.3. The number of thiazole rings is 1. The summed E-state index contributed by atoms with van der Waals surface area (Å²) in [4.78, 5) is 82.9. The third-order valence-corrected chi connectivity index (χ3v) is 9.02. The normalized spacial score (nSPS) is 20.1. The molecule has 4 atom stereocenters. The molecular weight excluding hydrogens is 647 g/mol. The summed E-state index contributed by atoms with van der Waals surface area (Å²) < 4.78 is 0.823. The lowest BCUT2D eigenvalue weighted by atomic mass is 10.0. The van der Waals surface area contributed by atoms with Gasteiger partial charge in [0.05, 0.1) is 22.7 Å². The third kappa shape index (κ3) is 12.1. The zero-order valence-corrected chi connectivity index (χ0v) is 28.1. The van der Waals surface area contributed by atoms with Gasteiger partial charge in [0, 0.05) is 20.0 Å². The quantitative estimate of drug-likeness (QED) is 0.0650. The summed E-state index contributed by atoms with van der Waals surface area (Å²) in [6.45, 7) is 1.79. The number of rotatable bonds is 12. The topological polar surface area (TPSA) is 237 Å². The van der Waals surface area contributed by atoms with Crippen molar-refractivity contribution in [2.24, 2.45) is 5.73 Å². The summed E-state index contributed by atoms with van der Waals surface area (Å²) in [5, 5.41) is 23.7. The second-order valence-corrected chi connectivity index (χ2v) is 13.1. The van der Waals surface area contributed by atoms with Crippen molar-refractivity contribution >= 4 is 74.6 Å². The van der Waals surface area contributed by atoms with Gasteiger partial charge in [-0.3, -0.25) is 34.2 Å². The van der Waals surface area contributed by atoms with Crippen LogP contribution in [0.4, 0.5) is 0 Å². The van der Waals surface area contributed by atoms with Gasteiger partial charge >= 0.3 is 0 Å². The van der Waals surface area contributed by atoms with Crippen molar-refractivity contribution in [3.05, 3.63) is 29.3 Å². The first-order valence-corrected chi connectivity index (χ1v) is 17.6.